The number of carboxylic acid groups (broad SMARTS) is 1. The highest BCUT2D eigenvalue weighted by Crippen LogP contribution is 2.51. The van der Waals surface area contributed by atoms with E-state index >= 15 is 0 Å². The van der Waals surface area contributed by atoms with E-state index in [0.29, 0.717) is 42.1 Å². The second-order valence-corrected chi connectivity index (χ2v) is 12.6. The highest BCUT2D eigenvalue weighted by Gasteiger charge is 2.39. The number of carbonyl (C=O) groups is 1. The Balaban J connectivity index is 1.25. The molecule has 1 N–H and O–H groups in total. The zero-order valence-electron chi connectivity index (χ0n) is 24.3. The molecule has 3 atom stereocenters. The van der Waals surface area contributed by atoms with Gasteiger partial charge in [-0.1, -0.05) is 48.0 Å². The molecule has 42 heavy (non-hydrogen) atoms. The van der Waals surface area contributed by atoms with E-state index in [1.807, 2.05) is 43.4 Å². The molecular weight excluding hydrogens is 552 g/mol. The summed E-state index contributed by atoms with van der Waals surface area (Å²) in [5, 5.41) is 14.0. The van der Waals surface area contributed by atoms with Gasteiger partial charge in [0.1, 0.15) is 23.9 Å². The van der Waals surface area contributed by atoms with E-state index in [4.69, 9.17) is 30.6 Å². The van der Waals surface area contributed by atoms with Crippen molar-refractivity contribution in [1.82, 2.24) is 10.1 Å². The first-order chi connectivity index (χ1) is 20.3. The summed E-state index contributed by atoms with van der Waals surface area (Å²) < 4.78 is 18.6. The Morgan fingerprint density at radius 3 is 2.74 bits per heavy atom. The van der Waals surface area contributed by atoms with Crippen molar-refractivity contribution in [3.63, 3.8) is 0 Å². The summed E-state index contributed by atoms with van der Waals surface area (Å²) in [4.78, 5) is 16.6. The zero-order chi connectivity index (χ0) is 29.4. The summed E-state index contributed by atoms with van der Waals surface area (Å²) >= 11 is 6.06. The van der Waals surface area contributed by atoms with Crippen LogP contribution in [0, 0.1) is 5.92 Å². The lowest BCUT2D eigenvalue weighted by Gasteiger charge is -2.16. The number of halogens is 1. The average molecular weight is 589 g/mol. The Bertz CT molecular complexity index is 1520. The first kappa shape index (κ1) is 28.5. The molecule has 1 aliphatic heterocycles. The Labute approximate surface area is 251 Å². The number of rotatable bonds is 10. The third-order valence-electron chi connectivity index (χ3n) is 8.64. The normalized spacial score (nSPS) is 22.0. The van der Waals surface area contributed by atoms with Gasteiger partial charge in [-0.3, -0.25) is 0 Å². The van der Waals surface area contributed by atoms with E-state index < -0.39 is 5.97 Å². The van der Waals surface area contributed by atoms with Gasteiger partial charge in [-0.25, -0.2) is 9.78 Å². The van der Waals surface area contributed by atoms with E-state index in [1.165, 1.54) is 5.57 Å². The number of nitrogens with zero attached hydrogens (tertiary/aromatic N) is 2. The van der Waals surface area contributed by atoms with Crippen LogP contribution in [-0.2, 0) is 11.4 Å². The quantitative estimate of drug-likeness (QED) is 0.220. The first-order valence-electron chi connectivity index (χ1n) is 14.9. The lowest BCUT2D eigenvalue weighted by Crippen LogP contribution is -2.08. The maximum Gasteiger partial charge on any atom is 0.331 e. The van der Waals surface area contributed by atoms with Crippen molar-refractivity contribution in [3.8, 4) is 11.6 Å². The van der Waals surface area contributed by atoms with Crippen LogP contribution >= 0.6 is 11.6 Å². The fraction of sp³-hybridized carbons (Fsp3) is 0.441. The van der Waals surface area contributed by atoms with Crippen LogP contribution in [0.15, 0.2) is 75.6 Å². The van der Waals surface area contributed by atoms with E-state index in [-0.39, 0.29) is 17.2 Å². The van der Waals surface area contributed by atoms with Crippen molar-refractivity contribution in [1.29, 1.82) is 0 Å². The molecule has 2 aromatic heterocycles. The Morgan fingerprint density at radius 2 is 2.02 bits per heavy atom. The summed E-state index contributed by atoms with van der Waals surface area (Å²) in [7, 11) is 0. The van der Waals surface area contributed by atoms with Crippen molar-refractivity contribution in [3.05, 3.63) is 93.8 Å². The molecule has 3 heterocycles. The molecule has 0 radical (unpaired) electrons. The second-order valence-electron chi connectivity index (χ2n) is 11.9. The van der Waals surface area contributed by atoms with E-state index in [9.17, 15) is 9.90 Å². The van der Waals surface area contributed by atoms with Crippen molar-refractivity contribution < 1.29 is 23.9 Å². The molecule has 0 bridgehead atoms. The summed E-state index contributed by atoms with van der Waals surface area (Å²) in [6.07, 6.45) is 17.1. The monoisotopic (exact) mass is 588 g/mol. The molecule has 6 rings (SSSR count). The summed E-state index contributed by atoms with van der Waals surface area (Å²) in [5.41, 5.74) is 5.36. The van der Waals surface area contributed by atoms with Crippen LogP contribution in [0.25, 0.3) is 0 Å². The van der Waals surface area contributed by atoms with Gasteiger partial charge in [0.05, 0.1) is 17.0 Å². The Morgan fingerprint density at radius 1 is 1.21 bits per heavy atom. The third kappa shape index (κ3) is 6.26. The standard InChI is InChI=1S/C34H37ClN2O5/c1-19(5-4-6-20(2)35)21(3)31-27(33(42-37-31)23-9-10-23)18-40-30-16-15-29-32(36-30)26(22-7-8-22)17-25-12-11-24(34(38)39)13-14-28(25)41-29/h4-6,11-12,14-16,20-23,26H,7-10,13,17-18H2,1-3H3,(H,38,39)/b6-4-,19-5-. The van der Waals surface area contributed by atoms with Gasteiger partial charge in [-0.2, -0.15) is 0 Å². The second kappa shape index (κ2) is 12.0. The van der Waals surface area contributed by atoms with Crippen LogP contribution in [0.2, 0.25) is 0 Å². The maximum absolute atomic E-state index is 11.6. The Hall–Kier alpha value is -3.58. The maximum atomic E-state index is 11.6. The minimum absolute atomic E-state index is 0.0243. The number of aliphatic carboxylic acids is 1. The highest BCUT2D eigenvalue weighted by atomic mass is 35.5. The molecule has 220 valence electrons. The number of alkyl halides is 1. The number of allylic oxidation sites excluding steroid dienone is 8. The zero-order valence-corrected chi connectivity index (χ0v) is 25.1. The van der Waals surface area contributed by atoms with E-state index in [1.54, 1.807) is 6.08 Å². The number of pyridine rings is 1. The molecule has 2 saturated carbocycles. The number of aromatic nitrogens is 2. The van der Waals surface area contributed by atoms with Gasteiger partial charge in [0.15, 0.2) is 0 Å². The van der Waals surface area contributed by atoms with Gasteiger partial charge in [-0.15, -0.1) is 11.6 Å². The molecule has 8 heteroatoms. The SMILES string of the molecule is C/C(=C/C=C\C(C)Cl)C(C)c1noc(C2CC2)c1COc1ccc2c(n1)C(C1CC1)CC1=CC=C(C(=O)O)CC=C1O2. The fourth-order valence-corrected chi connectivity index (χ4v) is 5.77. The molecule has 0 aromatic carbocycles. The lowest BCUT2D eigenvalue weighted by atomic mass is 9.90. The van der Waals surface area contributed by atoms with Gasteiger partial charge in [0.2, 0.25) is 5.88 Å². The lowest BCUT2D eigenvalue weighted by molar-refractivity contribution is -0.132. The molecule has 2 fully saturated rings. The number of hydrogen-bond donors (Lipinski definition) is 1. The van der Waals surface area contributed by atoms with Crippen LogP contribution < -0.4 is 9.47 Å². The van der Waals surface area contributed by atoms with Crippen LogP contribution in [0.3, 0.4) is 0 Å². The molecule has 4 aliphatic rings. The van der Waals surface area contributed by atoms with Crippen molar-refractivity contribution >= 4 is 17.6 Å². The van der Waals surface area contributed by atoms with Gasteiger partial charge < -0.3 is 19.1 Å². The predicted molar refractivity (Wildman–Crippen MR) is 161 cm³/mol. The van der Waals surface area contributed by atoms with Gasteiger partial charge >= 0.3 is 5.97 Å². The summed E-state index contributed by atoms with van der Waals surface area (Å²) in [6.45, 7) is 6.50. The number of carboxylic acids is 1. The topological polar surface area (TPSA) is 94.7 Å². The Kier molecular flexibility index (Phi) is 8.13. The molecule has 0 saturated heterocycles. The largest absolute Gasteiger partial charge is 0.478 e. The number of ether oxygens (including phenoxy) is 2. The minimum atomic E-state index is -0.901. The van der Waals surface area contributed by atoms with E-state index in [0.717, 1.165) is 66.1 Å². The molecule has 3 aliphatic carbocycles. The van der Waals surface area contributed by atoms with Crippen LogP contribution in [0.5, 0.6) is 11.6 Å². The first-order valence-corrected chi connectivity index (χ1v) is 15.3. The van der Waals surface area contributed by atoms with E-state index in [2.05, 4.69) is 25.1 Å². The fourth-order valence-electron chi connectivity index (χ4n) is 5.69. The van der Waals surface area contributed by atoms with Crippen molar-refractivity contribution in [2.24, 2.45) is 5.92 Å². The third-order valence-corrected chi connectivity index (χ3v) is 8.78. The summed E-state index contributed by atoms with van der Waals surface area (Å²) in [6, 6.07) is 3.79. The van der Waals surface area contributed by atoms with Crippen LogP contribution in [0.4, 0.5) is 0 Å². The highest BCUT2D eigenvalue weighted by molar-refractivity contribution is 6.21. The van der Waals surface area contributed by atoms with Gasteiger partial charge in [-0.05, 0) is 69.6 Å². The number of fused-ring (bicyclic) bond motifs is 2. The number of hydrogen-bond acceptors (Lipinski definition) is 6. The molecule has 7 nitrogen and oxygen atoms in total. The summed E-state index contributed by atoms with van der Waals surface area (Å²) in [5.74, 6) is 3.18. The van der Waals surface area contributed by atoms with Gasteiger partial charge in [0, 0.05) is 41.2 Å². The molecule has 0 spiro atoms. The molecular formula is C34H37ClN2O5. The van der Waals surface area contributed by atoms with Crippen molar-refractivity contribution in [2.45, 2.75) is 89.0 Å². The van der Waals surface area contributed by atoms with Gasteiger partial charge in [0.25, 0.3) is 0 Å². The van der Waals surface area contributed by atoms with Crippen LogP contribution in [0.1, 0.15) is 99.8 Å². The molecule has 3 unspecified atom stereocenters. The smallest absolute Gasteiger partial charge is 0.331 e. The average Bonchev–Trinajstić information content (AvgIpc) is 3.88. The predicted octanol–water partition coefficient (Wildman–Crippen LogP) is 8.26. The van der Waals surface area contributed by atoms with Crippen LogP contribution in [-0.4, -0.2) is 26.6 Å². The molecule has 2 aromatic rings. The minimum Gasteiger partial charge on any atom is -0.478 e. The molecule has 0 amide bonds. The van der Waals surface area contributed by atoms with Crippen molar-refractivity contribution in [2.75, 3.05) is 0 Å².